The highest BCUT2D eigenvalue weighted by Gasteiger charge is 2.32. The molecule has 1 aromatic rings. The molecule has 3 heteroatoms. The van der Waals surface area contributed by atoms with Crippen LogP contribution in [0.2, 0.25) is 0 Å². The Morgan fingerprint density at radius 2 is 2.19 bits per heavy atom. The van der Waals surface area contributed by atoms with Crippen LogP contribution in [0.15, 0.2) is 6.20 Å². The van der Waals surface area contributed by atoms with Crippen molar-refractivity contribution in [1.82, 2.24) is 9.97 Å². The van der Waals surface area contributed by atoms with Gasteiger partial charge in [0.2, 0.25) is 0 Å². The lowest BCUT2D eigenvalue weighted by molar-refractivity contribution is 0.354. The summed E-state index contributed by atoms with van der Waals surface area (Å²) in [6.45, 7) is 5.51. The molecule has 0 saturated heterocycles. The molecule has 2 aliphatic rings. The number of aromatic nitrogens is 2. The number of anilines is 1. The van der Waals surface area contributed by atoms with Crippen LogP contribution in [-0.2, 0) is 6.42 Å². The summed E-state index contributed by atoms with van der Waals surface area (Å²) >= 11 is 0. The molecule has 1 atom stereocenters. The number of fused-ring (bicyclic) bond motifs is 1. The molecule has 1 aliphatic carbocycles. The van der Waals surface area contributed by atoms with E-state index in [0.29, 0.717) is 5.92 Å². The first-order chi connectivity index (χ1) is 7.74. The van der Waals surface area contributed by atoms with E-state index in [1.165, 1.54) is 25.0 Å². The van der Waals surface area contributed by atoms with Gasteiger partial charge in [0.05, 0.1) is 17.6 Å². The topological polar surface area (TPSA) is 29.0 Å². The van der Waals surface area contributed by atoms with E-state index < -0.39 is 0 Å². The van der Waals surface area contributed by atoms with Gasteiger partial charge in [-0.25, -0.2) is 4.98 Å². The van der Waals surface area contributed by atoms with Gasteiger partial charge in [-0.3, -0.25) is 4.98 Å². The third kappa shape index (κ3) is 1.58. The zero-order chi connectivity index (χ0) is 11.1. The maximum atomic E-state index is 4.65. The summed E-state index contributed by atoms with van der Waals surface area (Å²) in [7, 11) is 0. The lowest BCUT2D eigenvalue weighted by Gasteiger charge is -2.43. The van der Waals surface area contributed by atoms with Gasteiger partial charge >= 0.3 is 0 Å². The molecule has 0 spiro atoms. The average molecular weight is 217 g/mol. The fourth-order valence-electron chi connectivity index (χ4n) is 2.73. The normalized spacial score (nSPS) is 25.1. The van der Waals surface area contributed by atoms with E-state index in [9.17, 15) is 0 Å². The van der Waals surface area contributed by atoms with Gasteiger partial charge in [-0.15, -0.1) is 0 Å². The Hall–Kier alpha value is -1.12. The van der Waals surface area contributed by atoms with Crippen molar-refractivity contribution in [3.8, 4) is 0 Å². The Kier molecular flexibility index (Phi) is 2.34. The van der Waals surface area contributed by atoms with Crippen molar-refractivity contribution in [3.63, 3.8) is 0 Å². The van der Waals surface area contributed by atoms with Gasteiger partial charge < -0.3 is 4.90 Å². The van der Waals surface area contributed by atoms with E-state index in [0.717, 1.165) is 30.5 Å². The molecule has 2 heterocycles. The fraction of sp³-hybridized carbons (Fsp3) is 0.692. The molecule has 1 saturated carbocycles. The molecule has 0 amide bonds. The zero-order valence-electron chi connectivity index (χ0n) is 10.1. The second kappa shape index (κ2) is 3.72. The first-order valence-electron chi connectivity index (χ1n) is 6.33. The van der Waals surface area contributed by atoms with Crippen molar-refractivity contribution in [2.75, 3.05) is 11.4 Å². The first kappa shape index (κ1) is 10.1. The average Bonchev–Trinajstić information content (AvgIpc) is 2.13. The highest BCUT2D eigenvalue weighted by Crippen LogP contribution is 2.34. The lowest BCUT2D eigenvalue weighted by Crippen LogP contribution is -2.46. The molecule has 86 valence electrons. The summed E-state index contributed by atoms with van der Waals surface area (Å²) in [4.78, 5) is 11.8. The van der Waals surface area contributed by atoms with Crippen LogP contribution in [0.4, 0.5) is 5.82 Å². The van der Waals surface area contributed by atoms with Crippen molar-refractivity contribution in [2.24, 2.45) is 5.92 Å². The summed E-state index contributed by atoms with van der Waals surface area (Å²) in [5.74, 6) is 1.87. The predicted octanol–water partition coefficient (Wildman–Crippen LogP) is 2.34. The zero-order valence-corrected chi connectivity index (χ0v) is 10.1. The van der Waals surface area contributed by atoms with Crippen molar-refractivity contribution >= 4 is 5.82 Å². The summed E-state index contributed by atoms with van der Waals surface area (Å²) < 4.78 is 0. The summed E-state index contributed by atoms with van der Waals surface area (Å²) in [6, 6.07) is 0.735. The summed E-state index contributed by atoms with van der Waals surface area (Å²) in [5.41, 5.74) is 2.26. The van der Waals surface area contributed by atoms with Crippen molar-refractivity contribution in [1.29, 1.82) is 0 Å². The number of hydrogen-bond acceptors (Lipinski definition) is 3. The van der Waals surface area contributed by atoms with Crippen molar-refractivity contribution < 1.29 is 0 Å². The first-order valence-corrected chi connectivity index (χ1v) is 6.33. The van der Waals surface area contributed by atoms with Crippen LogP contribution in [-0.4, -0.2) is 22.6 Å². The van der Waals surface area contributed by atoms with E-state index in [1.54, 1.807) is 0 Å². The van der Waals surface area contributed by atoms with Crippen molar-refractivity contribution in [3.05, 3.63) is 17.6 Å². The number of rotatable bonds is 1. The smallest absolute Gasteiger partial charge is 0.150 e. The number of aryl methyl sites for hydroxylation is 1. The standard InChI is InChI=1S/C13H19N3/c1-9-6-12-13(14-7-10(2)15-12)16(8-9)11-4-3-5-11/h7,9,11H,3-6,8H2,1-2H3/t9-/m1/s1. The Bertz CT molecular complexity index is 398. The molecule has 1 aliphatic heterocycles. The molecular weight excluding hydrogens is 198 g/mol. The molecule has 3 rings (SSSR count). The molecule has 16 heavy (non-hydrogen) atoms. The second-order valence-electron chi connectivity index (χ2n) is 5.33. The van der Waals surface area contributed by atoms with E-state index >= 15 is 0 Å². The third-order valence-corrected chi connectivity index (χ3v) is 3.78. The molecule has 0 bridgehead atoms. The third-order valence-electron chi connectivity index (χ3n) is 3.78. The molecule has 0 radical (unpaired) electrons. The Morgan fingerprint density at radius 1 is 1.38 bits per heavy atom. The molecule has 1 aromatic heterocycles. The maximum absolute atomic E-state index is 4.65. The van der Waals surface area contributed by atoms with Gasteiger partial charge in [0, 0.05) is 12.6 Å². The van der Waals surface area contributed by atoms with Gasteiger partial charge in [0.25, 0.3) is 0 Å². The Labute approximate surface area is 96.9 Å². The molecule has 1 fully saturated rings. The summed E-state index contributed by atoms with van der Waals surface area (Å²) in [5, 5.41) is 0. The van der Waals surface area contributed by atoms with Gasteiger partial charge in [0.1, 0.15) is 0 Å². The minimum absolute atomic E-state index is 0.712. The number of nitrogens with zero attached hydrogens (tertiary/aromatic N) is 3. The van der Waals surface area contributed by atoms with Gasteiger partial charge in [-0.2, -0.15) is 0 Å². The Balaban J connectivity index is 1.97. The van der Waals surface area contributed by atoms with E-state index in [2.05, 4.69) is 21.8 Å². The number of hydrogen-bond donors (Lipinski definition) is 0. The quantitative estimate of drug-likeness (QED) is 0.723. The lowest BCUT2D eigenvalue weighted by atomic mass is 9.88. The fourth-order valence-corrected chi connectivity index (χ4v) is 2.73. The SMILES string of the molecule is Cc1cnc2c(n1)C[C@@H](C)CN2C1CCC1. The minimum atomic E-state index is 0.712. The summed E-state index contributed by atoms with van der Waals surface area (Å²) in [6.07, 6.45) is 7.04. The van der Waals surface area contributed by atoms with E-state index in [1.807, 2.05) is 13.1 Å². The highest BCUT2D eigenvalue weighted by molar-refractivity contribution is 5.48. The molecular formula is C13H19N3. The predicted molar refractivity (Wildman–Crippen MR) is 64.6 cm³/mol. The second-order valence-corrected chi connectivity index (χ2v) is 5.33. The van der Waals surface area contributed by atoms with Crippen LogP contribution in [0, 0.1) is 12.8 Å². The van der Waals surface area contributed by atoms with Crippen LogP contribution >= 0.6 is 0 Å². The van der Waals surface area contributed by atoms with E-state index in [4.69, 9.17) is 0 Å². The monoisotopic (exact) mass is 217 g/mol. The van der Waals surface area contributed by atoms with Gasteiger partial charge in [-0.05, 0) is 38.5 Å². The highest BCUT2D eigenvalue weighted by atomic mass is 15.2. The van der Waals surface area contributed by atoms with E-state index in [-0.39, 0.29) is 0 Å². The maximum Gasteiger partial charge on any atom is 0.150 e. The van der Waals surface area contributed by atoms with Gasteiger partial charge in [-0.1, -0.05) is 6.92 Å². The van der Waals surface area contributed by atoms with Crippen LogP contribution in [0.3, 0.4) is 0 Å². The molecule has 0 unspecified atom stereocenters. The van der Waals surface area contributed by atoms with Crippen molar-refractivity contribution in [2.45, 2.75) is 45.6 Å². The van der Waals surface area contributed by atoms with Crippen LogP contribution < -0.4 is 4.90 Å². The molecule has 3 nitrogen and oxygen atoms in total. The Morgan fingerprint density at radius 3 is 2.88 bits per heavy atom. The van der Waals surface area contributed by atoms with Crippen LogP contribution in [0.1, 0.15) is 37.6 Å². The van der Waals surface area contributed by atoms with Gasteiger partial charge in [0.15, 0.2) is 5.82 Å². The van der Waals surface area contributed by atoms with Crippen LogP contribution in [0.5, 0.6) is 0 Å². The molecule has 0 N–H and O–H groups in total. The minimum Gasteiger partial charge on any atom is -0.352 e. The van der Waals surface area contributed by atoms with Crippen LogP contribution in [0.25, 0.3) is 0 Å². The molecule has 0 aromatic carbocycles. The largest absolute Gasteiger partial charge is 0.352 e.